The SMILES string of the molecule is O=S(=O)(CC1CCCNC1)NCCC1=CCCCC1. The molecule has 19 heavy (non-hydrogen) atoms. The predicted molar refractivity (Wildman–Crippen MR) is 78.6 cm³/mol. The Morgan fingerprint density at radius 2 is 2.21 bits per heavy atom. The summed E-state index contributed by atoms with van der Waals surface area (Å²) in [5.41, 5.74) is 1.42. The van der Waals surface area contributed by atoms with Crippen molar-refractivity contribution in [3.63, 3.8) is 0 Å². The van der Waals surface area contributed by atoms with Gasteiger partial charge in [0.05, 0.1) is 5.75 Å². The fourth-order valence-corrected chi connectivity index (χ4v) is 4.37. The Balaban J connectivity index is 1.69. The third-order valence-corrected chi connectivity index (χ3v) is 5.56. The van der Waals surface area contributed by atoms with Gasteiger partial charge in [-0.15, -0.1) is 0 Å². The minimum atomic E-state index is -3.10. The second kappa shape index (κ2) is 7.41. The molecule has 2 rings (SSSR count). The second-order valence-corrected chi connectivity index (χ2v) is 7.60. The van der Waals surface area contributed by atoms with Crippen LogP contribution >= 0.6 is 0 Å². The molecule has 0 aromatic carbocycles. The number of piperidine rings is 1. The molecule has 1 aliphatic heterocycles. The summed E-state index contributed by atoms with van der Waals surface area (Å²) in [6, 6.07) is 0. The molecule has 110 valence electrons. The van der Waals surface area contributed by atoms with Gasteiger partial charge in [-0.05, 0) is 64.0 Å². The zero-order valence-corrected chi connectivity index (χ0v) is 12.5. The van der Waals surface area contributed by atoms with Gasteiger partial charge in [-0.3, -0.25) is 0 Å². The topological polar surface area (TPSA) is 58.2 Å². The molecular formula is C14H26N2O2S. The first-order chi connectivity index (χ1) is 9.16. The number of nitrogens with one attached hydrogen (secondary N) is 2. The Bertz CT molecular complexity index is 398. The van der Waals surface area contributed by atoms with Crippen LogP contribution in [0.4, 0.5) is 0 Å². The summed E-state index contributed by atoms with van der Waals surface area (Å²) in [6.45, 7) is 2.43. The van der Waals surface area contributed by atoms with Crippen LogP contribution in [0.15, 0.2) is 11.6 Å². The van der Waals surface area contributed by atoms with Crippen molar-refractivity contribution in [1.29, 1.82) is 0 Å². The van der Waals surface area contributed by atoms with Gasteiger partial charge in [-0.1, -0.05) is 11.6 Å². The van der Waals surface area contributed by atoms with Crippen molar-refractivity contribution in [2.75, 3.05) is 25.4 Å². The van der Waals surface area contributed by atoms with Crippen LogP contribution in [0.3, 0.4) is 0 Å². The predicted octanol–water partition coefficient (Wildman–Crippen LogP) is 1.80. The summed E-state index contributed by atoms with van der Waals surface area (Å²) in [6.07, 6.45) is 10.1. The number of sulfonamides is 1. The lowest BCUT2D eigenvalue weighted by Crippen LogP contribution is -2.37. The molecule has 0 spiro atoms. The number of hydrogen-bond donors (Lipinski definition) is 2. The van der Waals surface area contributed by atoms with E-state index in [2.05, 4.69) is 16.1 Å². The van der Waals surface area contributed by atoms with Crippen LogP contribution in [0.1, 0.15) is 44.9 Å². The molecule has 0 saturated carbocycles. The van der Waals surface area contributed by atoms with E-state index in [0.717, 1.165) is 45.2 Å². The first-order valence-electron chi connectivity index (χ1n) is 7.52. The van der Waals surface area contributed by atoms with Crippen molar-refractivity contribution in [2.45, 2.75) is 44.9 Å². The molecule has 2 aliphatic rings. The number of hydrogen-bond acceptors (Lipinski definition) is 3. The molecule has 2 N–H and O–H groups in total. The largest absolute Gasteiger partial charge is 0.316 e. The van der Waals surface area contributed by atoms with E-state index in [1.165, 1.54) is 18.4 Å². The van der Waals surface area contributed by atoms with Crippen molar-refractivity contribution in [1.82, 2.24) is 10.0 Å². The van der Waals surface area contributed by atoms with E-state index in [1.54, 1.807) is 0 Å². The maximum Gasteiger partial charge on any atom is 0.211 e. The van der Waals surface area contributed by atoms with Gasteiger partial charge in [-0.25, -0.2) is 13.1 Å². The van der Waals surface area contributed by atoms with Gasteiger partial charge >= 0.3 is 0 Å². The molecule has 1 unspecified atom stereocenters. The summed E-state index contributed by atoms with van der Waals surface area (Å²) >= 11 is 0. The molecule has 0 bridgehead atoms. The van der Waals surface area contributed by atoms with E-state index >= 15 is 0 Å². The van der Waals surface area contributed by atoms with Crippen molar-refractivity contribution < 1.29 is 8.42 Å². The smallest absolute Gasteiger partial charge is 0.211 e. The van der Waals surface area contributed by atoms with Gasteiger partial charge in [0.2, 0.25) is 10.0 Å². The fraction of sp³-hybridized carbons (Fsp3) is 0.857. The normalized spacial score (nSPS) is 25.1. The molecule has 1 atom stereocenters. The lowest BCUT2D eigenvalue weighted by Gasteiger charge is -2.22. The Morgan fingerprint density at radius 3 is 2.89 bits per heavy atom. The van der Waals surface area contributed by atoms with E-state index in [-0.39, 0.29) is 11.7 Å². The highest BCUT2D eigenvalue weighted by molar-refractivity contribution is 7.89. The summed E-state index contributed by atoms with van der Waals surface area (Å²) in [7, 11) is -3.10. The molecule has 1 saturated heterocycles. The maximum absolute atomic E-state index is 12.0. The quantitative estimate of drug-likeness (QED) is 0.732. The van der Waals surface area contributed by atoms with Crippen LogP contribution in [-0.2, 0) is 10.0 Å². The summed E-state index contributed by atoms with van der Waals surface area (Å²) in [5, 5.41) is 3.26. The minimum Gasteiger partial charge on any atom is -0.316 e. The van der Waals surface area contributed by atoms with Gasteiger partial charge in [0.1, 0.15) is 0 Å². The lowest BCUT2D eigenvalue weighted by atomic mass is 9.97. The van der Waals surface area contributed by atoms with Crippen LogP contribution in [0.2, 0.25) is 0 Å². The molecular weight excluding hydrogens is 260 g/mol. The van der Waals surface area contributed by atoms with Crippen LogP contribution in [-0.4, -0.2) is 33.8 Å². The maximum atomic E-state index is 12.0. The molecule has 1 heterocycles. The Labute approximate surface area is 117 Å². The highest BCUT2D eigenvalue weighted by atomic mass is 32.2. The van der Waals surface area contributed by atoms with Crippen LogP contribution in [0.5, 0.6) is 0 Å². The first-order valence-corrected chi connectivity index (χ1v) is 9.17. The molecule has 5 heteroatoms. The average Bonchev–Trinajstić information content (AvgIpc) is 2.40. The monoisotopic (exact) mass is 286 g/mol. The third kappa shape index (κ3) is 5.63. The molecule has 0 radical (unpaired) electrons. The number of allylic oxidation sites excluding steroid dienone is 1. The van der Waals surface area contributed by atoms with Gasteiger partial charge in [-0.2, -0.15) is 0 Å². The van der Waals surface area contributed by atoms with E-state index in [0.29, 0.717) is 6.54 Å². The van der Waals surface area contributed by atoms with Crippen molar-refractivity contribution in [3.05, 3.63) is 11.6 Å². The van der Waals surface area contributed by atoms with Gasteiger partial charge in [0.25, 0.3) is 0 Å². The minimum absolute atomic E-state index is 0.277. The molecule has 1 aliphatic carbocycles. The highest BCUT2D eigenvalue weighted by Crippen LogP contribution is 2.19. The average molecular weight is 286 g/mol. The van der Waals surface area contributed by atoms with Crippen LogP contribution < -0.4 is 10.0 Å². The Hall–Kier alpha value is -0.390. The fourth-order valence-electron chi connectivity index (χ4n) is 2.93. The van der Waals surface area contributed by atoms with Crippen molar-refractivity contribution >= 4 is 10.0 Å². The van der Waals surface area contributed by atoms with Crippen molar-refractivity contribution in [2.24, 2.45) is 5.92 Å². The number of rotatable bonds is 6. The zero-order valence-electron chi connectivity index (χ0n) is 11.7. The van der Waals surface area contributed by atoms with Gasteiger partial charge in [0, 0.05) is 6.54 Å². The molecule has 4 nitrogen and oxygen atoms in total. The van der Waals surface area contributed by atoms with E-state index in [9.17, 15) is 8.42 Å². The molecule has 0 aromatic heterocycles. The summed E-state index contributed by atoms with van der Waals surface area (Å²) in [5.74, 6) is 0.555. The van der Waals surface area contributed by atoms with Gasteiger partial charge < -0.3 is 5.32 Å². The zero-order chi connectivity index (χ0) is 13.6. The summed E-state index contributed by atoms with van der Waals surface area (Å²) in [4.78, 5) is 0. The standard InChI is InChI=1S/C14H26N2O2S/c17-19(18,12-14-7-4-9-15-11-14)16-10-8-13-5-2-1-3-6-13/h5,14-16H,1-4,6-12H2. The van der Waals surface area contributed by atoms with Crippen LogP contribution in [0, 0.1) is 5.92 Å². The van der Waals surface area contributed by atoms with E-state index in [1.807, 2.05) is 0 Å². The first kappa shape index (κ1) is 15.0. The lowest BCUT2D eigenvalue weighted by molar-refractivity contribution is 0.403. The molecule has 0 aromatic rings. The Kier molecular flexibility index (Phi) is 5.85. The second-order valence-electron chi connectivity index (χ2n) is 5.75. The van der Waals surface area contributed by atoms with Gasteiger partial charge in [0.15, 0.2) is 0 Å². The molecule has 0 amide bonds. The van der Waals surface area contributed by atoms with Crippen LogP contribution in [0.25, 0.3) is 0 Å². The third-order valence-electron chi connectivity index (χ3n) is 4.01. The Morgan fingerprint density at radius 1 is 1.32 bits per heavy atom. The summed E-state index contributed by atoms with van der Waals surface area (Å²) < 4.78 is 26.7. The highest BCUT2D eigenvalue weighted by Gasteiger charge is 2.20. The molecule has 1 fully saturated rings. The van der Waals surface area contributed by atoms with E-state index < -0.39 is 10.0 Å². The van der Waals surface area contributed by atoms with E-state index in [4.69, 9.17) is 0 Å². The van der Waals surface area contributed by atoms with Crippen molar-refractivity contribution in [3.8, 4) is 0 Å².